The van der Waals surface area contributed by atoms with E-state index in [1.807, 2.05) is 0 Å². The van der Waals surface area contributed by atoms with Crippen LogP contribution in [-0.4, -0.2) is 21.8 Å². The van der Waals surface area contributed by atoms with Crippen LogP contribution < -0.4 is 9.05 Å². The molecular formula is C20H15O7P. The molecule has 3 aromatic carbocycles. The first-order chi connectivity index (χ1) is 13.4. The summed E-state index contributed by atoms with van der Waals surface area (Å²) in [5.74, 6) is -1.97. The van der Waals surface area contributed by atoms with Crippen molar-refractivity contribution in [1.82, 2.24) is 0 Å². The Kier molecular flexibility index (Phi) is 5.59. The summed E-state index contributed by atoms with van der Waals surface area (Å²) < 4.78 is 22.4. The summed E-state index contributed by atoms with van der Waals surface area (Å²) in [7, 11) is -4.63. The molecule has 0 radical (unpaired) electrons. The van der Waals surface area contributed by atoms with Gasteiger partial charge in [-0.2, -0.15) is 0 Å². The molecule has 0 aliphatic heterocycles. The second-order valence-corrected chi connectivity index (χ2v) is 6.98. The quantitative estimate of drug-likeness (QED) is 0.454. The van der Waals surface area contributed by atoms with Crippen LogP contribution in [0, 0.1) is 0 Å². The fraction of sp³-hybridized carbons (Fsp3) is 0. The summed E-state index contributed by atoms with van der Waals surface area (Å²) in [5.41, 5.74) is -0.0629. The zero-order chi connectivity index (χ0) is 20.1. The standard InChI is InChI=1S/C20H15O7P/c21-19(14-7-3-1-4-8-14)17-13-15(20(22)23)11-12-18(17)27-28(24,25)26-16-9-5-2-6-10-16/h1-13H,(H,22,23)(H,24,25). The van der Waals surface area contributed by atoms with Gasteiger partial charge in [0.25, 0.3) is 0 Å². The number of benzene rings is 3. The number of carbonyl (C=O) groups excluding carboxylic acids is 1. The molecule has 0 saturated heterocycles. The van der Waals surface area contributed by atoms with Crippen molar-refractivity contribution in [2.45, 2.75) is 0 Å². The summed E-state index contributed by atoms with van der Waals surface area (Å²) in [5, 5.41) is 9.20. The molecule has 0 aliphatic rings. The first kappa shape index (κ1) is 19.4. The van der Waals surface area contributed by atoms with Crippen LogP contribution in [0.5, 0.6) is 11.5 Å². The number of carbonyl (C=O) groups is 2. The summed E-state index contributed by atoms with van der Waals surface area (Å²) in [6.07, 6.45) is 0. The summed E-state index contributed by atoms with van der Waals surface area (Å²) in [6, 6.07) is 19.4. The topological polar surface area (TPSA) is 110 Å². The maximum atomic E-state index is 12.8. The Balaban J connectivity index is 1.97. The molecule has 0 aromatic heterocycles. The van der Waals surface area contributed by atoms with E-state index in [1.165, 1.54) is 18.2 Å². The van der Waals surface area contributed by atoms with Gasteiger partial charge in [-0.05, 0) is 30.3 Å². The average molecular weight is 398 g/mol. The van der Waals surface area contributed by atoms with Gasteiger partial charge in [-0.25, -0.2) is 9.36 Å². The first-order valence-electron chi connectivity index (χ1n) is 8.10. The van der Waals surface area contributed by atoms with Crippen LogP contribution >= 0.6 is 7.82 Å². The van der Waals surface area contributed by atoms with Gasteiger partial charge in [-0.15, -0.1) is 0 Å². The minimum absolute atomic E-state index is 0.103. The summed E-state index contributed by atoms with van der Waals surface area (Å²) in [4.78, 5) is 34.1. The largest absolute Gasteiger partial charge is 0.584 e. The van der Waals surface area contributed by atoms with Crippen LogP contribution in [0.2, 0.25) is 0 Å². The average Bonchev–Trinajstić information content (AvgIpc) is 2.68. The van der Waals surface area contributed by atoms with E-state index in [-0.39, 0.29) is 28.2 Å². The molecule has 28 heavy (non-hydrogen) atoms. The predicted octanol–water partition coefficient (Wildman–Crippen LogP) is 4.17. The van der Waals surface area contributed by atoms with Gasteiger partial charge >= 0.3 is 13.8 Å². The molecule has 0 bridgehead atoms. The lowest BCUT2D eigenvalue weighted by Crippen LogP contribution is -2.09. The third-order valence-electron chi connectivity index (χ3n) is 3.68. The van der Waals surface area contributed by atoms with Crippen molar-refractivity contribution in [2.75, 3.05) is 0 Å². The minimum Gasteiger partial charge on any atom is -0.478 e. The number of phosphoric acid groups is 1. The molecule has 0 fully saturated rings. The minimum atomic E-state index is -4.63. The monoisotopic (exact) mass is 398 g/mol. The van der Waals surface area contributed by atoms with E-state index >= 15 is 0 Å². The van der Waals surface area contributed by atoms with E-state index in [9.17, 15) is 24.2 Å². The SMILES string of the molecule is O=C(O)c1ccc(OP(=O)(O)Oc2ccccc2)c(C(=O)c2ccccc2)c1. The van der Waals surface area contributed by atoms with E-state index in [4.69, 9.17) is 9.05 Å². The van der Waals surface area contributed by atoms with Gasteiger partial charge in [0.15, 0.2) is 5.78 Å². The van der Waals surface area contributed by atoms with E-state index in [1.54, 1.807) is 48.5 Å². The molecule has 8 heteroatoms. The van der Waals surface area contributed by atoms with Gasteiger partial charge in [0.2, 0.25) is 0 Å². The van der Waals surface area contributed by atoms with E-state index in [0.717, 1.165) is 12.1 Å². The second-order valence-electron chi connectivity index (χ2n) is 5.68. The lowest BCUT2D eigenvalue weighted by molar-refractivity contribution is 0.0697. The molecule has 3 rings (SSSR count). The van der Waals surface area contributed by atoms with Gasteiger partial charge < -0.3 is 14.2 Å². The number of ketones is 1. The van der Waals surface area contributed by atoms with Crippen molar-refractivity contribution < 1.29 is 33.2 Å². The predicted molar refractivity (Wildman–Crippen MR) is 101 cm³/mol. The number of hydrogen-bond donors (Lipinski definition) is 2. The van der Waals surface area contributed by atoms with Gasteiger partial charge in [0, 0.05) is 5.56 Å². The molecule has 0 aliphatic carbocycles. The number of carboxylic acid groups (broad SMARTS) is 1. The van der Waals surface area contributed by atoms with Gasteiger partial charge in [0.1, 0.15) is 11.5 Å². The Labute approximate surface area is 160 Å². The van der Waals surface area contributed by atoms with Gasteiger partial charge in [0.05, 0.1) is 11.1 Å². The Morgan fingerprint density at radius 2 is 1.39 bits per heavy atom. The zero-order valence-electron chi connectivity index (χ0n) is 14.4. The lowest BCUT2D eigenvalue weighted by atomic mass is 10.0. The molecule has 3 aromatic rings. The van der Waals surface area contributed by atoms with E-state index in [2.05, 4.69) is 0 Å². The van der Waals surface area contributed by atoms with Crippen molar-refractivity contribution in [3.05, 3.63) is 95.6 Å². The number of para-hydroxylation sites is 1. The molecule has 2 N–H and O–H groups in total. The van der Waals surface area contributed by atoms with Crippen LogP contribution in [0.4, 0.5) is 0 Å². The maximum Gasteiger partial charge on any atom is 0.584 e. The number of carboxylic acids is 1. The van der Waals surface area contributed by atoms with Crippen LogP contribution in [0.25, 0.3) is 0 Å². The molecule has 7 nitrogen and oxygen atoms in total. The molecule has 1 atom stereocenters. The smallest absolute Gasteiger partial charge is 0.478 e. The Morgan fingerprint density at radius 3 is 2.00 bits per heavy atom. The number of aromatic carboxylic acids is 1. The van der Waals surface area contributed by atoms with Gasteiger partial charge in [-0.1, -0.05) is 48.5 Å². The Hall–Kier alpha value is -3.41. The van der Waals surface area contributed by atoms with Crippen LogP contribution in [-0.2, 0) is 4.57 Å². The van der Waals surface area contributed by atoms with Crippen LogP contribution in [0.3, 0.4) is 0 Å². The molecule has 0 heterocycles. The third-order valence-corrected chi connectivity index (χ3v) is 4.55. The molecule has 0 saturated carbocycles. The third kappa shape index (κ3) is 4.65. The second kappa shape index (κ2) is 8.08. The summed E-state index contributed by atoms with van der Waals surface area (Å²) in [6.45, 7) is 0. The van der Waals surface area contributed by atoms with Crippen molar-refractivity contribution in [3.63, 3.8) is 0 Å². The molecular weight excluding hydrogens is 383 g/mol. The van der Waals surface area contributed by atoms with Crippen LogP contribution in [0.1, 0.15) is 26.3 Å². The lowest BCUT2D eigenvalue weighted by Gasteiger charge is -2.16. The van der Waals surface area contributed by atoms with Crippen molar-refractivity contribution in [2.24, 2.45) is 0 Å². The van der Waals surface area contributed by atoms with Crippen molar-refractivity contribution >= 4 is 19.6 Å². The highest BCUT2D eigenvalue weighted by atomic mass is 31.2. The number of hydrogen-bond acceptors (Lipinski definition) is 5. The highest BCUT2D eigenvalue weighted by Crippen LogP contribution is 2.45. The molecule has 0 spiro atoms. The molecule has 1 unspecified atom stereocenters. The van der Waals surface area contributed by atoms with Crippen molar-refractivity contribution in [3.8, 4) is 11.5 Å². The van der Waals surface area contributed by atoms with E-state index in [0.29, 0.717) is 0 Å². The fourth-order valence-electron chi connectivity index (χ4n) is 2.42. The molecule has 142 valence electrons. The van der Waals surface area contributed by atoms with E-state index < -0.39 is 19.6 Å². The van der Waals surface area contributed by atoms with Crippen molar-refractivity contribution in [1.29, 1.82) is 0 Å². The number of phosphoric ester groups is 1. The summed E-state index contributed by atoms with van der Waals surface area (Å²) >= 11 is 0. The normalized spacial score (nSPS) is 12.6. The first-order valence-corrected chi connectivity index (χ1v) is 9.59. The number of rotatable bonds is 7. The van der Waals surface area contributed by atoms with Gasteiger partial charge in [-0.3, -0.25) is 9.69 Å². The highest BCUT2D eigenvalue weighted by molar-refractivity contribution is 7.48. The Morgan fingerprint density at radius 1 is 0.786 bits per heavy atom. The Bertz CT molecular complexity index is 1050. The van der Waals surface area contributed by atoms with Crippen LogP contribution in [0.15, 0.2) is 78.9 Å². The maximum absolute atomic E-state index is 12.8. The highest BCUT2D eigenvalue weighted by Gasteiger charge is 2.28. The molecule has 0 amide bonds. The zero-order valence-corrected chi connectivity index (χ0v) is 15.3. The fourth-order valence-corrected chi connectivity index (χ4v) is 3.26.